The van der Waals surface area contributed by atoms with Gasteiger partial charge in [-0.15, -0.1) is 0 Å². The number of aromatic nitrogens is 4. The van der Waals surface area contributed by atoms with E-state index < -0.39 is 0 Å². The highest BCUT2D eigenvalue weighted by Crippen LogP contribution is 2.18. The van der Waals surface area contributed by atoms with Crippen LogP contribution in [0.4, 0.5) is 0 Å². The van der Waals surface area contributed by atoms with E-state index in [0.29, 0.717) is 11.4 Å². The lowest BCUT2D eigenvalue weighted by Gasteiger charge is -2.25. The molecule has 0 radical (unpaired) electrons. The number of rotatable bonds is 3. The molecule has 1 aliphatic rings. The Labute approximate surface area is 130 Å². The van der Waals surface area contributed by atoms with Crippen LogP contribution in [0.3, 0.4) is 0 Å². The molecule has 22 heavy (non-hydrogen) atoms. The van der Waals surface area contributed by atoms with Crippen molar-refractivity contribution in [3.8, 4) is 0 Å². The van der Waals surface area contributed by atoms with Crippen molar-refractivity contribution in [1.82, 2.24) is 24.8 Å². The van der Waals surface area contributed by atoms with Gasteiger partial charge in [0.05, 0.1) is 11.3 Å². The highest BCUT2D eigenvalue weighted by atomic mass is 16.1. The van der Waals surface area contributed by atoms with Gasteiger partial charge in [0.15, 0.2) is 0 Å². The molecular weight excluding hydrogens is 278 g/mol. The number of amides is 1. The van der Waals surface area contributed by atoms with Crippen LogP contribution >= 0.6 is 0 Å². The Bertz CT molecular complexity index is 692. The van der Waals surface area contributed by atoms with Crippen molar-refractivity contribution in [1.29, 1.82) is 0 Å². The molecule has 1 aliphatic heterocycles. The summed E-state index contributed by atoms with van der Waals surface area (Å²) < 4.78 is 2.10. The van der Waals surface area contributed by atoms with Gasteiger partial charge in [-0.25, -0.2) is 15.0 Å². The fraction of sp³-hybridized carbons (Fsp3) is 0.500. The van der Waals surface area contributed by atoms with E-state index in [0.717, 1.165) is 30.9 Å². The summed E-state index contributed by atoms with van der Waals surface area (Å²) in [4.78, 5) is 25.5. The van der Waals surface area contributed by atoms with Gasteiger partial charge in [0.2, 0.25) is 0 Å². The third-order valence-corrected chi connectivity index (χ3v) is 4.00. The zero-order chi connectivity index (χ0) is 15.7. The molecule has 6 heteroatoms. The molecule has 3 rings (SSSR count). The van der Waals surface area contributed by atoms with Gasteiger partial charge in [0.1, 0.15) is 11.6 Å². The van der Waals surface area contributed by atoms with Crippen molar-refractivity contribution < 1.29 is 4.79 Å². The first kappa shape index (κ1) is 14.7. The number of nitrogens with zero attached hydrogens (tertiary/aromatic N) is 4. The summed E-state index contributed by atoms with van der Waals surface area (Å²) in [7, 11) is 0. The fourth-order valence-electron chi connectivity index (χ4n) is 2.85. The molecule has 2 aromatic heterocycles. The summed E-state index contributed by atoms with van der Waals surface area (Å²) in [6.45, 7) is 6.69. The summed E-state index contributed by atoms with van der Waals surface area (Å²) in [5, 5.41) is 3.11. The maximum absolute atomic E-state index is 12.6. The van der Waals surface area contributed by atoms with Gasteiger partial charge in [0.25, 0.3) is 5.91 Å². The monoisotopic (exact) mass is 299 g/mol. The third-order valence-electron chi connectivity index (χ3n) is 4.00. The lowest BCUT2D eigenvalue weighted by molar-refractivity contribution is 0.0925. The summed E-state index contributed by atoms with van der Waals surface area (Å²) >= 11 is 0. The van der Waals surface area contributed by atoms with E-state index in [2.05, 4.69) is 24.8 Å². The minimum absolute atomic E-state index is 0.0859. The van der Waals surface area contributed by atoms with Crippen molar-refractivity contribution in [3.05, 3.63) is 41.5 Å². The molecule has 0 unspecified atom stereocenters. The summed E-state index contributed by atoms with van der Waals surface area (Å²) in [5.41, 5.74) is 1.39. The largest absolute Gasteiger partial charge is 0.347 e. The molecule has 0 saturated heterocycles. The van der Waals surface area contributed by atoms with Crippen LogP contribution in [0.5, 0.6) is 0 Å². The van der Waals surface area contributed by atoms with E-state index >= 15 is 0 Å². The van der Waals surface area contributed by atoms with E-state index in [1.807, 2.05) is 33.2 Å². The number of carbonyl (C=O) groups is 1. The Balaban J connectivity index is 1.76. The van der Waals surface area contributed by atoms with Crippen molar-refractivity contribution in [2.24, 2.45) is 0 Å². The summed E-state index contributed by atoms with van der Waals surface area (Å²) in [6, 6.07) is 0.121. The Kier molecular flexibility index (Phi) is 3.92. The molecule has 0 spiro atoms. The predicted molar refractivity (Wildman–Crippen MR) is 82.7 cm³/mol. The van der Waals surface area contributed by atoms with Gasteiger partial charge in [0, 0.05) is 37.6 Å². The van der Waals surface area contributed by atoms with E-state index in [4.69, 9.17) is 0 Å². The molecule has 116 valence electrons. The average Bonchev–Trinajstić information content (AvgIpc) is 2.94. The smallest absolute Gasteiger partial charge is 0.254 e. The van der Waals surface area contributed by atoms with E-state index in [9.17, 15) is 4.79 Å². The summed E-state index contributed by atoms with van der Waals surface area (Å²) in [6.07, 6.45) is 7.21. The number of hydrogen-bond acceptors (Lipinski definition) is 4. The number of fused-ring (bicyclic) bond motifs is 1. The topological polar surface area (TPSA) is 72.7 Å². The lowest BCUT2D eigenvalue weighted by atomic mass is 10.0. The van der Waals surface area contributed by atoms with Crippen LogP contribution in [0.15, 0.2) is 18.6 Å². The first-order valence-corrected chi connectivity index (χ1v) is 7.69. The molecule has 1 amide bonds. The fourth-order valence-corrected chi connectivity index (χ4v) is 2.85. The number of nitrogens with one attached hydrogen (secondary N) is 1. The van der Waals surface area contributed by atoms with Gasteiger partial charge >= 0.3 is 0 Å². The van der Waals surface area contributed by atoms with Crippen LogP contribution in [-0.2, 0) is 13.0 Å². The van der Waals surface area contributed by atoms with Crippen molar-refractivity contribution in [2.45, 2.75) is 52.1 Å². The van der Waals surface area contributed by atoms with Gasteiger partial charge < -0.3 is 9.88 Å². The molecule has 1 atom stereocenters. The molecule has 1 N–H and O–H groups in total. The van der Waals surface area contributed by atoms with Crippen LogP contribution in [0.1, 0.15) is 53.9 Å². The zero-order valence-corrected chi connectivity index (χ0v) is 13.2. The zero-order valence-electron chi connectivity index (χ0n) is 13.2. The van der Waals surface area contributed by atoms with Crippen LogP contribution in [-0.4, -0.2) is 31.5 Å². The van der Waals surface area contributed by atoms with Crippen molar-refractivity contribution >= 4 is 5.91 Å². The van der Waals surface area contributed by atoms with Crippen LogP contribution < -0.4 is 5.32 Å². The molecule has 0 fully saturated rings. The van der Waals surface area contributed by atoms with Crippen molar-refractivity contribution in [2.75, 3.05) is 0 Å². The number of hydrogen-bond donors (Lipinski definition) is 1. The first-order chi connectivity index (χ1) is 10.5. The van der Waals surface area contributed by atoms with Gasteiger partial charge in [-0.2, -0.15) is 0 Å². The minimum Gasteiger partial charge on any atom is -0.347 e. The van der Waals surface area contributed by atoms with Crippen molar-refractivity contribution in [3.63, 3.8) is 0 Å². The van der Waals surface area contributed by atoms with E-state index in [1.54, 1.807) is 6.20 Å². The Morgan fingerprint density at radius 3 is 3.00 bits per heavy atom. The maximum Gasteiger partial charge on any atom is 0.254 e. The van der Waals surface area contributed by atoms with Gasteiger partial charge in [-0.1, -0.05) is 13.8 Å². The minimum atomic E-state index is -0.0859. The predicted octanol–water partition coefficient (Wildman–Crippen LogP) is 1.85. The number of carbonyl (C=O) groups excluding carboxylic acids is 1. The number of aryl methyl sites for hydroxylation is 2. The van der Waals surface area contributed by atoms with E-state index in [-0.39, 0.29) is 17.9 Å². The second-order valence-corrected chi connectivity index (χ2v) is 6.08. The van der Waals surface area contributed by atoms with E-state index in [1.165, 1.54) is 0 Å². The maximum atomic E-state index is 12.6. The molecule has 6 nitrogen and oxygen atoms in total. The quantitative estimate of drug-likeness (QED) is 0.938. The summed E-state index contributed by atoms with van der Waals surface area (Å²) in [5.74, 6) is 1.89. The molecule has 0 saturated carbocycles. The molecular formula is C16H21N5O. The molecule has 0 aliphatic carbocycles. The normalized spacial score (nSPS) is 17.4. The number of imidazole rings is 1. The average molecular weight is 299 g/mol. The van der Waals surface area contributed by atoms with Crippen LogP contribution in [0, 0.1) is 6.92 Å². The first-order valence-electron chi connectivity index (χ1n) is 7.69. The standard InChI is InChI=1S/C16H21N5O/c1-10(2)15-13(8-18-11(3)19-15)16(22)20-12-4-5-14-17-6-7-21(14)9-12/h6-8,10,12H,4-5,9H2,1-3H3,(H,20,22)/t12-/m0/s1. The second kappa shape index (κ2) is 5.87. The lowest BCUT2D eigenvalue weighted by Crippen LogP contribution is -2.41. The SMILES string of the molecule is Cc1ncc(C(=O)N[C@H]2CCc3nccn3C2)c(C(C)C)n1. The molecule has 0 aromatic carbocycles. The second-order valence-electron chi connectivity index (χ2n) is 6.08. The van der Waals surface area contributed by atoms with Gasteiger partial charge in [-0.05, 0) is 19.3 Å². The third kappa shape index (κ3) is 2.86. The highest BCUT2D eigenvalue weighted by molar-refractivity contribution is 5.95. The molecule has 0 bridgehead atoms. The molecule has 3 heterocycles. The molecule has 2 aromatic rings. The van der Waals surface area contributed by atoms with Crippen LogP contribution in [0.25, 0.3) is 0 Å². The van der Waals surface area contributed by atoms with Gasteiger partial charge in [-0.3, -0.25) is 4.79 Å². The Morgan fingerprint density at radius 1 is 1.41 bits per heavy atom. The Hall–Kier alpha value is -2.24. The highest BCUT2D eigenvalue weighted by Gasteiger charge is 2.23. The van der Waals surface area contributed by atoms with Crippen LogP contribution in [0.2, 0.25) is 0 Å². The Morgan fingerprint density at radius 2 is 2.23 bits per heavy atom.